The van der Waals surface area contributed by atoms with E-state index < -0.39 is 0 Å². The molecule has 0 aliphatic carbocycles. The highest BCUT2D eigenvalue weighted by Crippen LogP contribution is 2.27. The third-order valence-electron chi connectivity index (χ3n) is 5.68. The van der Waals surface area contributed by atoms with Crippen molar-refractivity contribution in [2.75, 3.05) is 19.7 Å². The number of likely N-dealkylation sites (tertiary alicyclic amines) is 1. The topological polar surface area (TPSA) is 54.0 Å². The number of pyridine rings is 1. The van der Waals surface area contributed by atoms with Gasteiger partial charge in [-0.25, -0.2) is 0 Å². The fourth-order valence-corrected chi connectivity index (χ4v) is 3.91. The van der Waals surface area contributed by atoms with Crippen molar-refractivity contribution in [3.8, 4) is 5.75 Å². The van der Waals surface area contributed by atoms with E-state index >= 15 is 0 Å². The van der Waals surface area contributed by atoms with Crippen molar-refractivity contribution < 1.29 is 4.74 Å². The Labute approximate surface area is 173 Å². The number of aromatic nitrogens is 3. The van der Waals surface area contributed by atoms with Crippen molar-refractivity contribution in [3.63, 3.8) is 0 Å². The SMILES string of the molecule is CC(C)c1ccc(OCCc2cc([C@H]3CCN(Cc4ccncc4)C3)n[nH]2)cc1. The first-order valence-electron chi connectivity index (χ1n) is 10.6. The van der Waals surface area contributed by atoms with Crippen molar-refractivity contribution in [1.82, 2.24) is 20.1 Å². The number of aromatic amines is 1. The van der Waals surface area contributed by atoms with E-state index in [1.165, 1.54) is 16.8 Å². The first-order valence-corrected chi connectivity index (χ1v) is 10.6. The van der Waals surface area contributed by atoms with Crippen LogP contribution in [0.15, 0.2) is 54.9 Å². The van der Waals surface area contributed by atoms with Gasteiger partial charge < -0.3 is 4.74 Å². The zero-order valence-corrected chi connectivity index (χ0v) is 17.3. The Morgan fingerprint density at radius 3 is 2.69 bits per heavy atom. The minimum Gasteiger partial charge on any atom is -0.493 e. The third-order valence-corrected chi connectivity index (χ3v) is 5.68. The van der Waals surface area contributed by atoms with E-state index in [0.29, 0.717) is 18.4 Å². The molecule has 0 bridgehead atoms. The van der Waals surface area contributed by atoms with Crippen LogP contribution in [-0.2, 0) is 13.0 Å². The Bertz CT molecular complexity index is 889. The minimum atomic E-state index is 0.506. The first kappa shape index (κ1) is 19.6. The molecule has 3 heterocycles. The zero-order chi connectivity index (χ0) is 20.1. The van der Waals surface area contributed by atoms with Crippen molar-refractivity contribution in [3.05, 3.63) is 77.4 Å². The lowest BCUT2D eigenvalue weighted by Crippen LogP contribution is -2.19. The Morgan fingerprint density at radius 1 is 1.14 bits per heavy atom. The molecule has 1 aliphatic rings. The lowest BCUT2D eigenvalue weighted by molar-refractivity contribution is 0.320. The summed E-state index contributed by atoms with van der Waals surface area (Å²) in [6.45, 7) is 8.22. The van der Waals surface area contributed by atoms with Crippen LogP contribution < -0.4 is 4.74 Å². The molecular weight excluding hydrogens is 360 g/mol. The van der Waals surface area contributed by atoms with Gasteiger partial charge in [0.05, 0.1) is 12.3 Å². The summed E-state index contributed by atoms with van der Waals surface area (Å²) >= 11 is 0. The molecule has 1 fully saturated rings. The molecule has 5 heteroatoms. The summed E-state index contributed by atoms with van der Waals surface area (Å²) in [5, 5.41) is 7.78. The van der Waals surface area contributed by atoms with Gasteiger partial charge in [-0.2, -0.15) is 5.10 Å². The second-order valence-corrected chi connectivity index (χ2v) is 8.22. The molecule has 0 amide bonds. The van der Waals surface area contributed by atoms with Crippen molar-refractivity contribution in [2.45, 2.75) is 45.1 Å². The van der Waals surface area contributed by atoms with Crippen molar-refractivity contribution in [2.24, 2.45) is 0 Å². The van der Waals surface area contributed by atoms with Gasteiger partial charge >= 0.3 is 0 Å². The fraction of sp³-hybridized carbons (Fsp3) is 0.417. The second kappa shape index (κ2) is 9.23. The van der Waals surface area contributed by atoms with E-state index in [9.17, 15) is 0 Å². The number of hydrogen-bond acceptors (Lipinski definition) is 4. The second-order valence-electron chi connectivity index (χ2n) is 8.22. The Hall–Kier alpha value is -2.66. The van der Waals surface area contributed by atoms with Gasteiger partial charge in [0.2, 0.25) is 0 Å². The van der Waals surface area contributed by atoms with Gasteiger partial charge in [0.25, 0.3) is 0 Å². The van der Waals surface area contributed by atoms with Crippen molar-refractivity contribution >= 4 is 0 Å². The molecule has 1 atom stereocenters. The molecule has 152 valence electrons. The molecular formula is C24H30N4O. The van der Waals surface area contributed by atoms with Crippen LogP contribution in [0, 0.1) is 0 Å². The van der Waals surface area contributed by atoms with Crippen LogP contribution in [0.25, 0.3) is 0 Å². The van der Waals surface area contributed by atoms with Gasteiger partial charge in [0, 0.05) is 43.5 Å². The molecule has 1 aliphatic heterocycles. The summed E-state index contributed by atoms with van der Waals surface area (Å²) in [5.74, 6) is 1.98. The fourth-order valence-electron chi connectivity index (χ4n) is 3.91. The molecule has 29 heavy (non-hydrogen) atoms. The largest absolute Gasteiger partial charge is 0.493 e. The number of benzene rings is 1. The Morgan fingerprint density at radius 2 is 1.93 bits per heavy atom. The van der Waals surface area contributed by atoms with E-state index in [0.717, 1.165) is 43.9 Å². The average molecular weight is 391 g/mol. The third kappa shape index (κ3) is 5.24. The van der Waals surface area contributed by atoms with Gasteiger partial charge in [-0.05, 0) is 60.3 Å². The lowest BCUT2D eigenvalue weighted by Gasteiger charge is -2.15. The van der Waals surface area contributed by atoms with E-state index in [1.54, 1.807) is 0 Å². The van der Waals surface area contributed by atoms with Crippen LogP contribution in [0.2, 0.25) is 0 Å². The van der Waals surface area contributed by atoms with Crippen LogP contribution in [0.3, 0.4) is 0 Å². The predicted octanol–water partition coefficient (Wildman–Crippen LogP) is 4.54. The van der Waals surface area contributed by atoms with Crippen LogP contribution in [0.4, 0.5) is 0 Å². The van der Waals surface area contributed by atoms with Crippen LogP contribution in [0.5, 0.6) is 5.75 Å². The number of nitrogens with zero attached hydrogens (tertiary/aromatic N) is 3. The minimum absolute atomic E-state index is 0.506. The molecule has 0 radical (unpaired) electrons. The molecule has 0 spiro atoms. The zero-order valence-electron chi connectivity index (χ0n) is 17.3. The van der Waals surface area contributed by atoms with E-state index in [2.05, 4.69) is 76.4 Å². The summed E-state index contributed by atoms with van der Waals surface area (Å²) < 4.78 is 5.90. The van der Waals surface area contributed by atoms with Gasteiger partial charge in [0.1, 0.15) is 5.75 Å². The molecule has 1 N–H and O–H groups in total. The van der Waals surface area contributed by atoms with Crippen LogP contribution in [0.1, 0.15) is 54.6 Å². The normalized spacial score (nSPS) is 17.1. The summed E-state index contributed by atoms with van der Waals surface area (Å²) in [6, 6.07) is 14.8. The molecule has 4 rings (SSSR count). The van der Waals surface area contributed by atoms with Gasteiger partial charge in [-0.15, -0.1) is 0 Å². The first-order chi connectivity index (χ1) is 14.2. The molecule has 2 aromatic heterocycles. The molecule has 1 saturated heterocycles. The lowest BCUT2D eigenvalue weighted by atomic mass is 10.0. The summed E-state index contributed by atoms with van der Waals surface area (Å²) in [5.41, 5.74) is 4.98. The molecule has 1 aromatic carbocycles. The highest BCUT2D eigenvalue weighted by molar-refractivity contribution is 5.29. The van der Waals surface area contributed by atoms with Crippen LogP contribution >= 0.6 is 0 Å². The summed E-state index contributed by atoms with van der Waals surface area (Å²) in [4.78, 5) is 6.60. The highest BCUT2D eigenvalue weighted by Gasteiger charge is 2.25. The average Bonchev–Trinajstić information content (AvgIpc) is 3.39. The summed E-state index contributed by atoms with van der Waals surface area (Å²) in [7, 11) is 0. The molecule has 0 saturated carbocycles. The molecule has 5 nitrogen and oxygen atoms in total. The quantitative estimate of drug-likeness (QED) is 0.614. The predicted molar refractivity (Wildman–Crippen MR) is 115 cm³/mol. The Kier molecular flexibility index (Phi) is 6.25. The van der Waals surface area contributed by atoms with E-state index in [-0.39, 0.29) is 0 Å². The highest BCUT2D eigenvalue weighted by atomic mass is 16.5. The number of rotatable bonds is 8. The van der Waals surface area contributed by atoms with E-state index in [1.807, 2.05) is 12.4 Å². The number of nitrogens with one attached hydrogen (secondary N) is 1. The Balaban J connectivity index is 1.24. The number of ether oxygens (including phenoxy) is 1. The number of H-pyrrole nitrogens is 1. The van der Waals surface area contributed by atoms with Gasteiger partial charge in [0.15, 0.2) is 0 Å². The standard InChI is InChI=1S/C24H30N4O/c1-18(2)20-3-5-23(6-4-20)29-14-10-22-15-24(27-26-22)21-9-13-28(17-21)16-19-7-11-25-12-8-19/h3-8,11-12,15,18,21H,9-10,13-14,16-17H2,1-2H3,(H,26,27)/t21-/m0/s1. The van der Waals surface area contributed by atoms with E-state index in [4.69, 9.17) is 4.74 Å². The maximum atomic E-state index is 5.90. The monoisotopic (exact) mass is 390 g/mol. The van der Waals surface area contributed by atoms with Crippen molar-refractivity contribution in [1.29, 1.82) is 0 Å². The number of hydrogen-bond donors (Lipinski definition) is 1. The smallest absolute Gasteiger partial charge is 0.119 e. The molecule has 3 aromatic rings. The van der Waals surface area contributed by atoms with Crippen LogP contribution in [-0.4, -0.2) is 39.8 Å². The van der Waals surface area contributed by atoms with Gasteiger partial charge in [-0.1, -0.05) is 26.0 Å². The molecule has 0 unspecified atom stereocenters. The summed E-state index contributed by atoms with van der Waals surface area (Å²) in [6.07, 6.45) is 5.73. The van der Waals surface area contributed by atoms with Gasteiger partial charge in [-0.3, -0.25) is 15.0 Å². The maximum Gasteiger partial charge on any atom is 0.119 e. The maximum absolute atomic E-state index is 5.90.